The van der Waals surface area contributed by atoms with Crippen molar-refractivity contribution in [3.63, 3.8) is 0 Å². The number of hydrogen-bond acceptors (Lipinski definition) is 3. The van der Waals surface area contributed by atoms with Gasteiger partial charge >= 0.3 is 0 Å². The van der Waals surface area contributed by atoms with E-state index in [-0.39, 0.29) is 17.4 Å². The van der Waals surface area contributed by atoms with Crippen molar-refractivity contribution in [2.24, 2.45) is 5.92 Å². The highest BCUT2D eigenvalue weighted by atomic mass is 19.1. The van der Waals surface area contributed by atoms with Crippen molar-refractivity contribution < 1.29 is 14.0 Å². The summed E-state index contributed by atoms with van der Waals surface area (Å²) in [5.41, 5.74) is -0.0500. The SMILES string of the molecule is CC(C)C(NC(=O)c1ccccc1F)C(=O)NCCNC1CCCCCC1. The molecule has 150 valence electrons. The normalized spacial score (nSPS) is 16.6. The van der Waals surface area contributed by atoms with E-state index < -0.39 is 17.8 Å². The molecule has 5 nitrogen and oxygen atoms in total. The second-order valence-corrected chi connectivity index (χ2v) is 7.61. The summed E-state index contributed by atoms with van der Waals surface area (Å²) < 4.78 is 13.8. The highest BCUT2D eigenvalue weighted by Crippen LogP contribution is 2.16. The number of carbonyl (C=O) groups excluding carboxylic acids is 2. The summed E-state index contributed by atoms with van der Waals surface area (Å²) in [5.74, 6) is -1.50. The van der Waals surface area contributed by atoms with Gasteiger partial charge in [-0.15, -0.1) is 0 Å². The lowest BCUT2D eigenvalue weighted by Crippen LogP contribution is -2.51. The Balaban J connectivity index is 1.80. The Morgan fingerprint density at radius 2 is 1.74 bits per heavy atom. The van der Waals surface area contributed by atoms with Crippen LogP contribution in [0, 0.1) is 11.7 Å². The fourth-order valence-electron chi connectivity index (χ4n) is 3.45. The minimum atomic E-state index is -0.699. The van der Waals surface area contributed by atoms with Gasteiger partial charge in [0.05, 0.1) is 5.56 Å². The largest absolute Gasteiger partial charge is 0.353 e. The zero-order valence-corrected chi connectivity index (χ0v) is 16.4. The molecule has 1 fully saturated rings. The molecule has 1 atom stereocenters. The highest BCUT2D eigenvalue weighted by Gasteiger charge is 2.25. The van der Waals surface area contributed by atoms with Crippen molar-refractivity contribution in [3.8, 4) is 0 Å². The van der Waals surface area contributed by atoms with E-state index in [4.69, 9.17) is 0 Å². The predicted octanol–water partition coefficient (Wildman–Crippen LogP) is 3.01. The summed E-state index contributed by atoms with van der Waals surface area (Å²) in [7, 11) is 0. The molecule has 1 aromatic carbocycles. The van der Waals surface area contributed by atoms with Crippen molar-refractivity contribution >= 4 is 11.8 Å². The van der Waals surface area contributed by atoms with Crippen LogP contribution in [0.15, 0.2) is 24.3 Å². The van der Waals surface area contributed by atoms with Crippen molar-refractivity contribution in [1.29, 1.82) is 0 Å². The van der Waals surface area contributed by atoms with E-state index in [1.807, 2.05) is 13.8 Å². The summed E-state index contributed by atoms with van der Waals surface area (Å²) in [6.45, 7) is 4.93. The predicted molar refractivity (Wildman–Crippen MR) is 105 cm³/mol. The Bertz CT molecular complexity index is 613. The molecule has 2 amide bonds. The third kappa shape index (κ3) is 6.94. The van der Waals surface area contributed by atoms with E-state index in [9.17, 15) is 14.0 Å². The van der Waals surface area contributed by atoms with E-state index in [1.165, 1.54) is 56.7 Å². The Morgan fingerprint density at radius 3 is 2.37 bits per heavy atom. The molecular formula is C21H32FN3O2. The van der Waals surface area contributed by atoms with Gasteiger partial charge < -0.3 is 16.0 Å². The average molecular weight is 378 g/mol. The minimum Gasteiger partial charge on any atom is -0.353 e. The van der Waals surface area contributed by atoms with Gasteiger partial charge in [0.25, 0.3) is 5.91 Å². The van der Waals surface area contributed by atoms with E-state index >= 15 is 0 Å². The standard InChI is InChI=1S/C21H32FN3O2/c1-15(2)19(25-20(26)17-11-7-8-12-18(17)22)21(27)24-14-13-23-16-9-5-3-4-6-10-16/h7-8,11-12,15-16,19,23H,3-6,9-10,13-14H2,1-2H3,(H,24,27)(H,25,26). The Hall–Kier alpha value is -1.95. The summed E-state index contributed by atoms with van der Waals surface area (Å²) in [6.07, 6.45) is 7.55. The molecule has 3 N–H and O–H groups in total. The van der Waals surface area contributed by atoms with Crippen LogP contribution in [0.1, 0.15) is 62.7 Å². The fraction of sp³-hybridized carbons (Fsp3) is 0.619. The molecule has 27 heavy (non-hydrogen) atoms. The number of amides is 2. The van der Waals surface area contributed by atoms with E-state index in [0.717, 1.165) is 0 Å². The lowest BCUT2D eigenvalue weighted by molar-refractivity contribution is -0.123. The molecule has 0 spiro atoms. The van der Waals surface area contributed by atoms with Crippen LogP contribution in [0.4, 0.5) is 4.39 Å². The van der Waals surface area contributed by atoms with Gasteiger partial charge in [0.2, 0.25) is 5.91 Å². The lowest BCUT2D eigenvalue weighted by Gasteiger charge is -2.22. The molecule has 1 aromatic rings. The highest BCUT2D eigenvalue weighted by molar-refractivity contribution is 5.97. The Kier molecular flexibility index (Phi) is 8.72. The van der Waals surface area contributed by atoms with Gasteiger partial charge in [-0.25, -0.2) is 4.39 Å². The molecule has 0 bridgehead atoms. The molecule has 1 unspecified atom stereocenters. The van der Waals surface area contributed by atoms with E-state index in [1.54, 1.807) is 6.07 Å². The van der Waals surface area contributed by atoms with Crippen LogP contribution < -0.4 is 16.0 Å². The molecule has 0 saturated heterocycles. The van der Waals surface area contributed by atoms with Crippen LogP contribution in [0.25, 0.3) is 0 Å². The maximum atomic E-state index is 13.8. The van der Waals surface area contributed by atoms with Gasteiger partial charge in [-0.1, -0.05) is 51.7 Å². The molecule has 0 radical (unpaired) electrons. The van der Waals surface area contributed by atoms with Gasteiger partial charge in [-0.3, -0.25) is 9.59 Å². The van der Waals surface area contributed by atoms with Crippen LogP contribution >= 0.6 is 0 Å². The zero-order valence-electron chi connectivity index (χ0n) is 16.4. The molecule has 0 aliphatic heterocycles. The third-order valence-corrected chi connectivity index (χ3v) is 5.07. The van der Waals surface area contributed by atoms with Crippen molar-refractivity contribution in [3.05, 3.63) is 35.6 Å². The summed E-state index contributed by atoms with van der Waals surface area (Å²) >= 11 is 0. The van der Waals surface area contributed by atoms with Gasteiger partial charge in [-0.2, -0.15) is 0 Å². The number of nitrogens with one attached hydrogen (secondary N) is 3. The molecule has 6 heteroatoms. The summed E-state index contributed by atoms with van der Waals surface area (Å²) in [4.78, 5) is 24.8. The van der Waals surface area contributed by atoms with Crippen LogP contribution in [0.3, 0.4) is 0 Å². The first kappa shape index (κ1) is 21.4. The average Bonchev–Trinajstić information content (AvgIpc) is 2.92. The Morgan fingerprint density at radius 1 is 1.07 bits per heavy atom. The van der Waals surface area contributed by atoms with Gasteiger partial charge in [0, 0.05) is 19.1 Å². The van der Waals surface area contributed by atoms with E-state index in [2.05, 4.69) is 16.0 Å². The third-order valence-electron chi connectivity index (χ3n) is 5.07. The second-order valence-electron chi connectivity index (χ2n) is 7.61. The number of halogens is 1. The monoisotopic (exact) mass is 377 g/mol. The van der Waals surface area contributed by atoms with Gasteiger partial charge in [-0.05, 0) is 30.9 Å². The molecule has 2 rings (SSSR count). The molecule has 0 heterocycles. The second kappa shape index (κ2) is 11.0. The molecular weight excluding hydrogens is 345 g/mol. The van der Waals surface area contributed by atoms with Crippen LogP contribution in [-0.2, 0) is 4.79 Å². The van der Waals surface area contributed by atoms with Crippen LogP contribution in [0.2, 0.25) is 0 Å². The smallest absolute Gasteiger partial charge is 0.254 e. The first-order valence-corrected chi connectivity index (χ1v) is 10.1. The van der Waals surface area contributed by atoms with Crippen LogP contribution in [-0.4, -0.2) is 37.0 Å². The van der Waals surface area contributed by atoms with Gasteiger partial charge in [0.15, 0.2) is 0 Å². The molecule has 1 saturated carbocycles. The summed E-state index contributed by atoms with van der Waals surface area (Å²) in [6, 6.07) is 5.61. The topological polar surface area (TPSA) is 70.2 Å². The quantitative estimate of drug-likeness (QED) is 0.482. The number of carbonyl (C=O) groups is 2. The van der Waals surface area contributed by atoms with Crippen molar-refractivity contribution in [2.45, 2.75) is 64.5 Å². The van der Waals surface area contributed by atoms with Crippen molar-refractivity contribution in [1.82, 2.24) is 16.0 Å². The van der Waals surface area contributed by atoms with E-state index in [0.29, 0.717) is 19.1 Å². The maximum Gasteiger partial charge on any atom is 0.254 e. The Labute approximate surface area is 161 Å². The first-order valence-electron chi connectivity index (χ1n) is 10.1. The van der Waals surface area contributed by atoms with Gasteiger partial charge in [0.1, 0.15) is 11.9 Å². The molecule has 1 aliphatic carbocycles. The molecule has 0 aromatic heterocycles. The number of benzene rings is 1. The molecule has 1 aliphatic rings. The summed E-state index contributed by atoms with van der Waals surface area (Å²) in [5, 5.41) is 9.05. The zero-order chi connectivity index (χ0) is 19.6. The lowest BCUT2D eigenvalue weighted by atomic mass is 10.0. The minimum absolute atomic E-state index is 0.0500. The fourth-order valence-corrected chi connectivity index (χ4v) is 3.45. The number of rotatable bonds is 8. The first-order chi connectivity index (χ1) is 13.0. The number of hydrogen-bond donors (Lipinski definition) is 3. The maximum absolute atomic E-state index is 13.8. The van der Waals surface area contributed by atoms with Crippen molar-refractivity contribution in [2.75, 3.05) is 13.1 Å². The van der Waals surface area contributed by atoms with Crippen LogP contribution in [0.5, 0.6) is 0 Å².